The molecule has 158 valence electrons. The molecule has 0 aromatic heterocycles. The van der Waals surface area contributed by atoms with Gasteiger partial charge in [0.2, 0.25) is 0 Å². The Balaban J connectivity index is 1.42. The zero-order valence-electron chi connectivity index (χ0n) is 17.3. The summed E-state index contributed by atoms with van der Waals surface area (Å²) in [7, 11) is 0. The quantitative estimate of drug-likeness (QED) is 0.578. The molecule has 3 aromatic rings. The zero-order chi connectivity index (χ0) is 21.6. The number of anilines is 2. The van der Waals surface area contributed by atoms with Gasteiger partial charge in [0.05, 0.1) is 12.3 Å². The number of ether oxygens (including phenoxy) is 2. The van der Waals surface area contributed by atoms with E-state index in [4.69, 9.17) is 9.47 Å². The minimum atomic E-state index is -0.207. The van der Waals surface area contributed by atoms with E-state index in [0.29, 0.717) is 42.3 Å². The number of nitrogens with zero attached hydrogens (tertiary/aromatic N) is 1. The number of carbonyl (C=O) groups excluding carboxylic acids is 2. The monoisotopic (exact) mass is 416 g/mol. The Hall–Kier alpha value is -3.80. The first kappa shape index (κ1) is 20.5. The molecule has 1 aliphatic rings. The molecule has 0 unspecified atom stereocenters. The predicted molar refractivity (Wildman–Crippen MR) is 120 cm³/mol. The second-order valence-corrected chi connectivity index (χ2v) is 7.36. The van der Waals surface area contributed by atoms with Crippen molar-refractivity contribution in [1.82, 2.24) is 0 Å². The first-order chi connectivity index (χ1) is 15.1. The minimum absolute atomic E-state index is 0.00145. The van der Waals surface area contributed by atoms with Crippen molar-refractivity contribution >= 4 is 23.2 Å². The third-order valence-electron chi connectivity index (χ3n) is 4.98. The smallest absolute Gasteiger partial charge is 0.265 e. The van der Waals surface area contributed by atoms with Gasteiger partial charge in [-0.05, 0) is 61.4 Å². The number of hydrogen-bond donors (Lipinski definition) is 1. The molecule has 0 spiro atoms. The Morgan fingerprint density at radius 1 is 1.06 bits per heavy atom. The second-order valence-electron chi connectivity index (χ2n) is 7.36. The zero-order valence-corrected chi connectivity index (χ0v) is 17.3. The van der Waals surface area contributed by atoms with Crippen LogP contribution in [0.4, 0.5) is 11.4 Å². The van der Waals surface area contributed by atoms with Crippen molar-refractivity contribution in [2.45, 2.75) is 13.3 Å². The fourth-order valence-electron chi connectivity index (χ4n) is 3.44. The molecule has 0 atom stereocenters. The lowest BCUT2D eigenvalue weighted by molar-refractivity contribution is -0.121. The Morgan fingerprint density at radius 2 is 1.90 bits per heavy atom. The van der Waals surface area contributed by atoms with Crippen molar-refractivity contribution in [3.63, 3.8) is 0 Å². The Labute approximate surface area is 181 Å². The Morgan fingerprint density at radius 3 is 2.71 bits per heavy atom. The summed E-state index contributed by atoms with van der Waals surface area (Å²) in [6.45, 7) is 3.01. The maximum Gasteiger partial charge on any atom is 0.265 e. The Bertz CT molecular complexity index is 1080. The van der Waals surface area contributed by atoms with E-state index in [1.54, 1.807) is 35.2 Å². The number of aryl methyl sites for hydroxylation is 1. The highest BCUT2D eigenvalue weighted by molar-refractivity contribution is 6.05. The van der Waals surface area contributed by atoms with Crippen LogP contribution >= 0.6 is 0 Å². The number of hydrogen-bond acceptors (Lipinski definition) is 4. The second kappa shape index (κ2) is 9.34. The van der Waals surface area contributed by atoms with Crippen molar-refractivity contribution in [3.8, 4) is 11.5 Å². The molecule has 0 saturated heterocycles. The lowest BCUT2D eigenvalue weighted by atomic mass is 10.1. The first-order valence-electron chi connectivity index (χ1n) is 10.2. The van der Waals surface area contributed by atoms with Crippen LogP contribution in [0.5, 0.6) is 11.5 Å². The van der Waals surface area contributed by atoms with Crippen LogP contribution in [0, 0.1) is 6.92 Å². The summed E-state index contributed by atoms with van der Waals surface area (Å²) in [6.07, 6.45) is 0.666. The van der Waals surface area contributed by atoms with Crippen molar-refractivity contribution in [3.05, 3.63) is 83.9 Å². The highest BCUT2D eigenvalue weighted by Gasteiger charge is 2.25. The third kappa shape index (κ3) is 5.04. The summed E-state index contributed by atoms with van der Waals surface area (Å²) < 4.78 is 11.4. The van der Waals surface area contributed by atoms with Gasteiger partial charge in [0.25, 0.3) is 11.8 Å². The molecule has 0 bridgehead atoms. The summed E-state index contributed by atoms with van der Waals surface area (Å²) in [4.78, 5) is 26.6. The van der Waals surface area contributed by atoms with Crippen molar-refractivity contribution in [2.24, 2.45) is 0 Å². The average molecular weight is 416 g/mol. The third-order valence-corrected chi connectivity index (χ3v) is 4.98. The molecule has 3 aromatic carbocycles. The molecule has 0 fully saturated rings. The van der Waals surface area contributed by atoms with Gasteiger partial charge in [-0.25, -0.2) is 0 Å². The molecule has 31 heavy (non-hydrogen) atoms. The summed E-state index contributed by atoms with van der Waals surface area (Å²) in [5.41, 5.74) is 2.96. The summed E-state index contributed by atoms with van der Waals surface area (Å²) in [5.74, 6) is 1.12. The van der Waals surface area contributed by atoms with E-state index in [9.17, 15) is 9.59 Å². The van der Waals surface area contributed by atoms with E-state index in [1.807, 2.05) is 49.4 Å². The van der Waals surface area contributed by atoms with Crippen LogP contribution in [0.2, 0.25) is 0 Å². The number of benzene rings is 3. The highest BCUT2D eigenvalue weighted by Crippen LogP contribution is 2.34. The molecule has 0 radical (unpaired) electrons. The van der Waals surface area contributed by atoms with Gasteiger partial charge in [0.15, 0.2) is 6.61 Å². The van der Waals surface area contributed by atoms with Crippen LogP contribution in [0.15, 0.2) is 72.8 Å². The number of carbonyl (C=O) groups is 2. The van der Waals surface area contributed by atoms with E-state index < -0.39 is 0 Å². The minimum Gasteiger partial charge on any atom is -0.494 e. The number of rotatable bonds is 7. The summed E-state index contributed by atoms with van der Waals surface area (Å²) in [5, 5.41) is 2.88. The van der Waals surface area contributed by atoms with Crippen molar-refractivity contribution in [1.29, 1.82) is 0 Å². The van der Waals surface area contributed by atoms with Crippen LogP contribution in [0.25, 0.3) is 0 Å². The molecule has 6 heteroatoms. The van der Waals surface area contributed by atoms with Crippen LogP contribution in [-0.2, 0) is 4.79 Å². The number of amides is 2. The van der Waals surface area contributed by atoms with Gasteiger partial charge in [0.1, 0.15) is 11.5 Å². The van der Waals surface area contributed by atoms with Gasteiger partial charge in [-0.2, -0.15) is 0 Å². The largest absolute Gasteiger partial charge is 0.494 e. The molecule has 0 aliphatic carbocycles. The van der Waals surface area contributed by atoms with Crippen LogP contribution in [0.3, 0.4) is 0 Å². The molecule has 1 N–H and O–H groups in total. The predicted octanol–water partition coefficient (Wildman–Crippen LogP) is 4.44. The van der Waals surface area contributed by atoms with Crippen LogP contribution < -0.4 is 19.7 Å². The first-order valence-corrected chi connectivity index (χ1v) is 10.2. The van der Waals surface area contributed by atoms with Crippen LogP contribution in [0.1, 0.15) is 22.3 Å². The molecule has 6 nitrogen and oxygen atoms in total. The SMILES string of the molecule is Cc1cccc(OCCCN2C(=O)COc3ccc(NC(=O)c4ccccc4)cc32)c1. The lowest BCUT2D eigenvalue weighted by Gasteiger charge is -2.30. The molecule has 2 amide bonds. The van der Waals surface area contributed by atoms with E-state index in [0.717, 1.165) is 11.3 Å². The molecule has 1 aliphatic heterocycles. The van der Waals surface area contributed by atoms with Crippen molar-refractivity contribution in [2.75, 3.05) is 30.0 Å². The van der Waals surface area contributed by atoms with E-state index in [1.165, 1.54) is 0 Å². The molecule has 1 heterocycles. The molecule has 0 saturated carbocycles. The summed E-state index contributed by atoms with van der Waals surface area (Å²) >= 11 is 0. The van der Waals surface area contributed by atoms with E-state index in [2.05, 4.69) is 5.32 Å². The summed E-state index contributed by atoms with van der Waals surface area (Å²) in [6, 6.07) is 22.2. The van der Waals surface area contributed by atoms with Gasteiger partial charge in [-0.1, -0.05) is 30.3 Å². The molecular formula is C25H24N2O4. The average Bonchev–Trinajstić information content (AvgIpc) is 2.78. The topological polar surface area (TPSA) is 67.9 Å². The van der Waals surface area contributed by atoms with Crippen molar-refractivity contribution < 1.29 is 19.1 Å². The lowest BCUT2D eigenvalue weighted by Crippen LogP contribution is -2.39. The fraction of sp³-hybridized carbons (Fsp3) is 0.200. The molecular weight excluding hydrogens is 392 g/mol. The Kier molecular flexibility index (Phi) is 6.17. The van der Waals surface area contributed by atoms with Gasteiger partial charge in [-0.3, -0.25) is 9.59 Å². The maximum absolute atomic E-state index is 12.5. The fourth-order valence-corrected chi connectivity index (χ4v) is 3.44. The standard InChI is InChI=1S/C25H24N2O4/c1-18-7-5-10-21(15-18)30-14-6-13-27-22-16-20(11-12-23(22)31-17-24(27)28)26-25(29)19-8-3-2-4-9-19/h2-5,7-12,15-16H,6,13-14,17H2,1H3,(H,26,29). The van der Waals surface area contributed by atoms with Gasteiger partial charge < -0.3 is 19.7 Å². The maximum atomic E-state index is 12.5. The highest BCUT2D eigenvalue weighted by atomic mass is 16.5. The normalized spacial score (nSPS) is 12.7. The molecule has 4 rings (SSSR count). The van der Waals surface area contributed by atoms with Crippen LogP contribution in [-0.4, -0.2) is 31.6 Å². The number of nitrogens with one attached hydrogen (secondary N) is 1. The van der Waals surface area contributed by atoms with E-state index in [-0.39, 0.29) is 18.4 Å². The van der Waals surface area contributed by atoms with Gasteiger partial charge >= 0.3 is 0 Å². The van der Waals surface area contributed by atoms with Gasteiger partial charge in [0, 0.05) is 17.8 Å². The number of fused-ring (bicyclic) bond motifs is 1. The van der Waals surface area contributed by atoms with E-state index >= 15 is 0 Å². The van der Waals surface area contributed by atoms with Gasteiger partial charge in [-0.15, -0.1) is 0 Å².